The highest BCUT2D eigenvalue weighted by atomic mass is 32.3. The summed E-state index contributed by atoms with van der Waals surface area (Å²) < 4.78 is 34.5. The van der Waals surface area contributed by atoms with Crippen molar-refractivity contribution in [2.24, 2.45) is 0 Å². The summed E-state index contributed by atoms with van der Waals surface area (Å²) in [5.41, 5.74) is 0. The second-order valence-corrected chi connectivity index (χ2v) is 5.54. The van der Waals surface area contributed by atoms with Crippen molar-refractivity contribution in [3.63, 3.8) is 0 Å². The van der Waals surface area contributed by atoms with E-state index in [9.17, 15) is 8.42 Å². The van der Waals surface area contributed by atoms with Crippen LogP contribution >= 0.6 is 0 Å². The fraction of sp³-hybridized carbons (Fsp3) is 1.00. The summed E-state index contributed by atoms with van der Waals surface area (Å²) in [6.45, 7) is 4.15. The van der Waals surface area contributed by atoms with E-state index in [4.69, 9.17) is 4.55 Å². The summed E-state index contributed by atoms with van der Waals surface area (Å²) in [4.78, 5) is 0. The summed E-state index contributed by atoms with van der Waals surface area (Å²) >= 11 is 0. The molecule has 0 aliphatic heterocycles. The smallest absolute Gasteiger partial charge is 0.264 e. The van der Waals surface area contributed by atoms with Gasteiger partial charge in [0.2, 0.25) is 0 Å². The molecule has 0 aliphatic carbocycles. The Morgan fingerprint density at radius 2 is 1.53 bits per heavy atom. The van der Waals surface area contributed by atoms with Gasteiger partial charge in [0.05, 0.1) is 6.10 Å². The Hall–Kier alpha value is -0.130. The maximum Gasteiger partial charge on any atom is 0.397 e. The maximum atomic E-state index is 10.6. The zero-order valence-electron chi connectivity index (χ0n) is 11.0. The first kappa shape index (κ1) is 16.9. The molecule has 0 saturated carbocycles. The Kier molecular flexibility index (Phi) is 9.78. The summed E-state index contributed by atoms with van der Waals surface area (Å²) in [5, 5.41) is 0. The van der Waals surface area contributed by atoms with Crippen LogP contribution in [0.15, 0.2) is 0 Å². The zero-order chi connectivity index (χ0) is 13.1. The fourth-order valence-electron chi connectivity index (χ4n) is 1.89. The summed E-state index contributed by atoms with van der Waals surface area (Å²) in [6.07, 6.45) is 8.88. The van der Waals surface area contributed by atoms with E-state index in [2.05, 4.69) is 11.1 Å². The van der Waals surface area contributed by atoms with E-state index in [0.717, 1.165) is 19.3 Å². The van der Waals surface area contributed by atoms with E-state index in [1.807, 2.05) is 6.92 Å². The summed E-state index contributed by atoms with van der Waals surface area (Å²) in [5.74, 6) is 0. The molecule has 0 bridgehead atoms. The van der Waals surface area contributed by atoms with E-state index in [0.29, 0.717) is 12.8 Å². The molecule has 0 spiro atoms. The van der Waals surface area contributed by atoms with Gasteiger partial charge < -0.3 is 0 Å². The van der Waals surface area contributed by atoms with Crippen LogP contribution in [-0.4, -0.2) is 19.1 Å². The molecule has 104 valence electrons. The molecule has 0 aromatic rings. The predicted octanol–water partition coefficient (Wildman–Crippen LogP) is 3.73. The molecule has 1 N–H and O–H groups in total. The van der Waals surface area contributed by atoms with Gasteiger partial charge in [0.15, 0.2) is 0 Å². The molecule has 4 nitrogen and oxygen atoms in total. The van der Waals surface area contributed by atoms with Gasteiger partial charge in [-0.1, -0.05) is 58.8 Å². The molecule has 0 aromatic carbocycles. The minimum atomic E-state index is -4.30. The lowest BCUT2D eigenvalue weighted by Crippen LogP contribution is -2.17. The Morgan fingerprint density at radius 3 is 2.06 bits per heavy atom. The van der Waals surface area contributed by atoms with Crippen molar-refractivity contribution < 1.29 is 17.2 Å². The molecule has 0 heterocycles. The number of unbranched alkanes of at least 4 members (excludes halogenated alkanes) is 5. The zero-order valence-corrected chi connectivity index (χ0v) is 11.8. The third-order valence-electron chi connectivity index (χ3n) is 2.75. The fourth-order valence-corrected chi connectivity index (χ4v) is 2.42. The molecule has 1 atom stereocenters. The van der Waals surface area contributed by atoms with E-state index in [1.165, 1.54) is 25.7 Å². The molecule has 0 amide bonds. The topological polar surface area (TPSA) is 63.6 Å². The van der Waals surface area contributed by atoms with Crippen LogP contribution in [-0.2, 0) is 14.6 Å². The first-order valence-corrected chi connectivity index (χ1v) is 8.01. The number of rotatable bonds is 11. The van der Waals surface area contributed by atoms with Crippen LogP contribution in [0, 0.1) is 0 Å². The SMILES string of the molecule is CCCCCCCCC(CCC)OS(=O)(=O)O. The molecule has 0 rings (SSSR count). The van der Waals surface area contributed by atoms with E-state index >= 15 is 0 Å². The van der Waals surface area contributed by atoms with Gasteiger partial charge in [0, 0.05) is 0 Å². The van der Waals surface area contributed by atoms with Gasteiger partial charge in [0.1, 0.15) is 0 Å². The molecular weight excluding hydrogens is 240 g/mol. The highest BCUT2D eigenvalue weighted by Gasteiger charge is 2.15. The predicted molar refractivity (Wildman–Crippen MR) is 69.3 cm³/mol. The van der Waals surface area contributed by atoms with Gasteiger partial charge in [-0.25, -0.2) is 4.18 Å². The second-order valence-electron chi connectivity index (χ2n) is 4.49. The van der Waals surface area contributed by atoms with Crippen molar-refractivity contribution in [2.45, 2.75) is 77.7 Å². The van der Waals surface area contributed by atoms with Crippen molar-refractivity contribution >= 4 is 10.4 Å². The Bertz CT molecular complexity index is 262. The van der Waals surface area contributed by atoms with Crippen LogP contribution in [0.4, 0.5) is 0 Å². The van der Waals surface area contributed by atoms with Crippen molar-refractivity contribution in [3.05, 3.63) is 0 Å². The normalized spacial score (nSPS) is 13.8. The monoisotopic (exact) mass is 266 g/mol. The van der Waals surface area contributed by atoms with Crippen LogP contribution in [0.1, 0.15) is 71.6 Å². The molecule has 0 aliphatic rings. The Labute approximate surface area is 106 Å². The van der Waals surface area contributed by atoms with Gasteiger partial charge in [0.25, 0.3) is 0 Å². The highest BCUT2D eigenvalue weighted by Crippen LogP contribution is 2.15. The quantitative estimate of drug-likeness (QED) is 0.457. The summed E-state index contributed by atoms with van der Waals surface area (Å²) in [6, 6.07) is 0. The minimum absolute atomic E-state index is 0.360. The third-order valence-corrected chi connectivity index (χ3v) is 3.26. The van der Waals surface area contributed by atoms with Crippen LogP contribution in [0.25, 0.3) is 0 Å². The van der Waals surface area contributed by atoms with Gasteiger partial charge in [-0.3, -0.25) is 4.55 Å². The number of hydrogen-bond donors (Lipinski definition) is 1. The molecule has 1 unspecified atom stereocenters. The first-order valence-electron chi connectivity index (χ1n) is 6.65. The molecule has 0 saturated heterocycles. The van der Waals surface area contributed by atoms with Gasteiger partial charge >= 0.3 is 10.4 Å². The lowest BCUT2D eigenvalue weighted by Gasteiger charge is -2.14. The van der Waals surface area contributed by atoms with Crippen LogP contribution in [0.2, 0.25) is 0 Å². The second kappa shape index (κ2) is 9.85. The van der Waals surface area contributed by atoms with Crippen molar-refractivity contribution in [1.82, 2.24) is 0 Å². The highest BCUT2D eigenvalue weighted by molar-refractivity contribution is 7.80. The average Bonchev–Trinajstić information content (AvgIpc) is 2.21. The molecule has 5 heteroatoms. The Balaban J connectivity index is 3.70. The van der Waals surface area contributed by atoms with Gasteiger partial charge in [-0.05, 0) is 12.8 Å². The summed E-state index contributed by atoms with van der Waals surface area (Å²) in [7, 11) is -4.30. The minimum Gasteiger partial charge on any atom is -0.264 e. The lowest BCUT2D eigenvalue weighted by molar-refractivity contribution is 0.160. The van der Waals surface area contributed by atoms with Gasteiger partial charge in [-0.2, -0.15) is 8.42 Å². The van der Waals surface area contributed by atoms with Crippen LogP contribution < -0.4 is 0 Å². The van der Waals surface area contributed by atoms with Crippen molar-refractivity contribution in [3.8, 4) is 0 Å². The van der Waals surface area contributed by atoms with E-state index < -0.39 is 10.4 Å². The maximum absolute atomic E-state index is 10.6. The molecule has 0 radical (unpaired) electrons. The van der Waals surface area contributed by atoms with E-state index in [-0.39, 0.29) is 6.10 Å². The van der Waals surface area contributed by atoms with Crippen molar-refractivity contribution in [1.29, 1.82) is 0 Å². The van der Waals surface area contributed by atoms with Crippen LogP contribution in [0.3, 0.4) is 0 Å². The third kappa shape index (κ3) is 12.1. The van der Waals surface area contributed by atoms with Gasteiger partial charge in [-0.15, -0.1) is 0 Å². The lowest BCUT2D eigenvalue weighted by atomic mass is 10.0. The number of hydrogen-bond acceptors (Lipinski definition) is 3. The largest absolute Gasteiger partial charge is 0.397 e. The first-order chi connectivity index (χ1) is 7.99. The molecule has 0 aromatic heterocycles. The standard InChI is InChI=1S/C12H26O4S/c1-3-5-6-7-8-9-11-12(10-4-2)16-17(13,14)15/h12H,3-11H2,1-2H3,(H,13,14,15). The molecule has 17 heavy (non-hydrogen) atoms. The Morgan fingerprint density at radius 1 is 0.941 bits per heavy atom. The molecular formula is C12H26O4S. The molecule has 0 fully saturated rings. The average molecular weight is 266 g/mol. The van der Waals surface area contributed by atoms with E-state index in [1.54, 1.807) is 0 Å². The van der Waals surface area contributed by atoms with Crippen molar-refractivity contribution in [2.75, 3.05) is 0 Å². The van der Waals surface area contributed by atoms with Crippen LogP contribution in [0.5, 0.6) is 0 Å².